The van der Waals surface area contributed by atoms with E-state index in [1.165, 1.54) is 6.42 Å². The number of aliphatic hydroxyl groups is 1. The largest absolute Gasteiger partial charge is 0.507 e. The van der Waals surface area contributed by atoms with Gasteiger partial charge in [-0.2, -0.15) is 0 Å². The minimum atomic E-state index is -0.219. The number of para-hydroxylation sites is 1. The van der Waals surface area contributed by atoms with Crippen molar-refractivity contribution in [3.05, 3.63) is 24.3 Å². The first-order chi connectivity index (χ1) is 7.27. The molecule has 0 heterocycles. The summed E-state index contributed by atoms with van der Waals surface area (Å²) in [6.07, 6.45) is 4.02. The number of hydrogen-bond acceptors (Lipinski definition) is 3. The van der Waals surface area contributed by atoms with E-state index in [-0.39, 0.29) is 11.4 Å². The smallest absolute Gasteiger partial charge is 0.129 e. The van der Waals surface area contributed by atoms with Gasteiger partial charge >= 0.3 is 0 Å². The highest BCUT2D eigenvalue weighted by Gasteiger charge is 2.24. The van der Waals surface area contributed by atoms with E-state index in [1.54, 1.807) is 17.8 Å². The Bertz CT molecular complexity index is 327. The second kappa shape index (κ2) is 4.90. The van der Waals surface area contributed by atoms with Crippen LogP contribution in [0.5, 0.6) is 5.75 Å². The summed E-state index contributed by atoms with van der Waals surface area (Å²) in [5.74, 6) is 0.320. The van der Waals surface area contributed by atoms with E-state index in [9.17, 15) is 10.2 Å². The van der Waals surface area contributed by atoms with Crippen LogP contribution in [0.1, 0.15) is 25.7 Å². The van der Waals surface area contributed by atoms with Gasteiger partial charge in [-0.15, -0.1) is 11.8 Å². The Kier molecular flexibility index (Phi) is 3.54. The molecule has 0 aromatic heterocycles. The fraction of sp³-hybridized carbons (Fsp3) is 0.500. The van der Waals surface area contributed by atoms with Crippen LogP contribution in [-0.4, -0.2) is 21.6 Å². The number of benzene rings is 1. The molecule has 2 rings (SSSR count). The van der Waals surface area contributed by atoms with Gasteiger partial charge in [0.15, 0.2) is 0 Å². The van der Waals surface area contributed by atoms with Crippen molar-refractivity contribution in [2.75, 3.05) is 0 Å². The normalized spacial score (nSPS) is 26.5. The first-order valence-corrected chi connectivity index (χ1v) is 6.28. The third-order valence-corrected chi connectivity index (χ3v) is 4.26. The predicted octanol–water partition coefficient (Wildman–Crippen LogP) is 2.79. The summed E-state index contributed by atoms with van der Waals surface area (Å²) in [5, 5.41) is 19.7. The lowest BCUT2D eigenvalue weighted by molar-refractivity contribution is 0.137. The van der Waals surface area contributed by atoms with Crippen molar-refractivity contribution >= 4 is 11.8 Å². The molecule has 1 fully saturated rings. The van der Waals surface area contributed by atoms with Crippen molar-refractivity contribution in [3.8, 4) is 5.75 Å². The van der Waals surface area contributed by atoms with Gasteiger partial charge in [0.05, 0.1) is 6.10 Å². The highest BCUT2D eigenvalue weighted by Crippen LogP contribution is 2.37. The summed E-state index contributed by atoms with van der Waals surface area (Å²) in [7, 11) is 0. The molecule has 2 N–H and O–H groups in total. The molecule has 0 unspecified atom stereocenters. The van der Waals surface area contributed by atoms with Gasteiger partial charge in [0.1, 0.15) is 5.75 Å². The van der Waals surface area contributed by atoms with E-state index in [0.29, 0.717) is 5.75 Å². The lowest BCUT2D eigenvalue weighted by Gasteiger charge is -2.27. The second-order valence-electron chi connectivity index (χ2n) is 3.98. The van der Waals surface area contributed by atoms with Crippen molar-refractivity contribution in [2.24, 2.45) is 0 Å². The van der Waals surface area contributed by atoms with E-state index in [1.807, 2.05) is 18.2 Å². The van der Waals surface area contributed by atoms with Crippen LogP contribution >= 0.6 is 11.8 Å². The minimum Gasteiger partial charge on any atom is -0.507 e. The van der Waals surface area contributed by atoms with E-state index in [2.05, 4.69) is 0 Å². The van der Waals surface area contributed by atoms with Crippen LogP contribution < -0.4 is 0 Å². The number of hydrogen-bond donors (Lipinski definition) is 2. The first kappa shape index (κ1) is 10.8. The van der Waals surface area contributed by atoms with Gasteiger partial charge in [-0.25, -0.2) is 0 Å². The number of phenols is 1. The number of phenolic OH excluding ortho intramolecular Hbond substituents is 1. The highest BCUT2D eigenvalue weighted by atomic mass is 32.2. The van der Waals surface area contributed by atoms with E-state index < -0.39 is 0 Å². The van der Waals surface area contributed by atoms with Crippen LogP contribution in [0.25, 0.3) is 0 Å². The second-order valence-corrected chi connectivity index (χ2v) is 5.26. The molecule has 1 saturated carbocycles. The number of thioether (sulfide) groups is 1. The molecule has 1 aromatic carbocycles. The fourth-order valence-corrected chi connectivity index (χ4v) is 3.18. The zero-order valence-corrected chi connectivity index (χ0v) is 9.41. The van der Waals surface area contributed by atoms with E-state index in [0.717, 1.165) is 24.2 Å². The SMILES string of the molecule is Oc1ccccc1S[C@H]1CCCC[C@@H]1O. The van der Waals surface area contributed by atoms with Gasteiger partial charge < -0.3 is 10.2 Å². The van der Waals surface area contributed by atoms with E-state index in [4.69, 9.17) is 0 Å². The average molecular weight is 224 g/mol. The van der Waals surface area contributed by atoms with Crippen LogP contribution in [0.3, 0.4) is 0 Å². The molecule has 0 radical (unpaired) electrons. The predicted molar refractivity (Wildman–Crippen MR) is 62.2 cm³/mol. The van der Waals surface area contributed by atoms with Crippen molar-refractivity contribution in [1.82, 2.24) is 0 Å². The summed E-state index contributed by atoms with van der Waals surface area (Å²) in [6, 6.07) is 7.33. The third kappa shape index (κ3) is 2.67. The zero-order chi connectivity index (χ0) is 10.7. The van der Waals surface area contributed by atoms with Gasteiger partial charge in [0, 0.05) is 10.1 Å². The maximum Gasteiger partial charge on any atom is 0.129 e. The Hall–Kier alpha value is -0.670. The number of aromatic hydroxyl groups is 1. The lowest BCUT2D eigenvalue weighted by atomic mass is 9.97. The summed E-state index contributed by atoms with van der Waals surface area (Å²) in [4.78, 5) is 0.878. The van der Waals surface area contributed by atoms with Gasteiger partial charge in [-0.1, -0.05) is 25.0 Å². The lowest BCUT2D eigenvalue weighted by Crippen LogP contribution is -2.26. The molecule has 1 aliphatic carbocycles. The molecular weight excluding hydrogens is 208 g/mol. The Morgan fingerprint density at radius 1 is 1.13 bits per heavy atom. The molecule has 0 spiro atoms. The van der Waals surface area contributed by atoms with Crippen molar-refractivity contribution in [2.45, 2.75) is 41.9 Å². The number of aliphatic hydroxyl groups excluding tert-OH is 1. The zero-order valence-electron chi connectivity index (χ0n) is 8.60. The maximum atomic E-state index is 9.82. The Labute approximate surface area is 94.3 Å². The Balaban J connectivity index is 2.04. The fourth-order valence-electron chi connectivity index (χ4n) is 1.93. The first-order valence-electron chi connectivity index (χ1n) is 5.40. The molecule has 82 valence electrons. The third-order valence-electron chi connectivity index (χ3n) is 2.81. The molecule has 0 saturated heterocycles. The molecule has 15 heavy (non-hydrogen) atoms. The summed E-state index contributed by atoms with van der Waals surface area (Å²) < 4.78 is 0. The van der Waals surface area contributed by atoms with Gasteiger partial charge in [0.2, 0.25) is 0 Å². The maximum absolute atomic E-state index is 9.82. The molecule has 0 bridgehead atoms. The standard InChI is InChI=1S/C12H16O2S/c13-9-5-1-3-7-11(9)15-12-8-4-2-6-10(12)14/h1,3,5,7,10,12-14H,2,4,6,8H2/t10-,12-/m0/s1. The summed E-state index contributed by atoms with van der Waals surface area (Å²) >= 11 is 1.60. The quantitative estimate of drug-likeness (QED) is 0.811. The van der Waals surface area contributed by atoms with Crippen LogP contribution in [0.15, 0.2) is 29.2 Å². The molecule has 0 amide bonds. The van der Waals surface area contributed by atoms with Crippen LogP contribution in [0.4, 0.5) is 0 Å². The van der Waals surface area contributed by atoms with Gasteiger partial charge in [0.25, 0.3) is 0 Å². The highest BCUT2D eigenvalue weighted by molar-refractivity contribution is 8.00. The van der Waals surface area contributed by atoms with Crippen LogP contribution in [-0.2, 0) is 0 Å². The Morgan fingerprint density at radius 3 is 2.60 bits per heavy atom. The van der Waals surface area contributed by atoms with Gasteiger partial charge in [-0.3, -0.25) is 0 Å². The van der Waals surface area contributed by atoms with Crippen molar-refractivity contribution in [1.29, 1.82) is 0 Å². The molecular formula is C12H16O2S. The average Bonchev–Trinajstić information content (AvgIpc) is 2.24. The molecule has 2 nitrogen and oxygen atoms in total. The van der Waals surface area contributed by atoms with E-state index >= 15 is 0 Å². The molecule has 1 aliphatic rings. The Morgan fingerprint density at radius 2 is 1.87 bits per heavy atom. The van der Waals surface area contributed by atoms with Crippen molar-refractivity contribution in [3.63, 3.8) is 0 Å². The topological polar surface area (TPSA) is 40.5 Å². The van der Waals surface area contributed by atoms with Crippen molar-refractivity contribution < 1.29 is 10.2 Å². The molecule has 1 aromatic rings. The summed E-state index contributed by atoms with van der Waals surface area (Å²) in [6.45, 7) is 0. The van der Waals surface area contributed by atoms with Gasteiger partial charge in [-0.05, 0) is 25.0 Å². The monoisotopic (exact) mass is 224 g/mol. The van der Waals surface area contributed by atoms with Crippen LogP contribution in [0, 0.1) is 0 Å². The minimum absolute atomic E-state index is 0.219. The number of rotatable bonds is 2. The summed E-state index contributed by atoms with van der Waals surface area (Å²) in [5.41, 5.74) is 0. The molecule has 2 atom stereocenters. The van der Waals surface area contributed by atoms with Crippen LogP contribution in [0.2, 0.25) is 0 Å². The molecule has 3 heteroatoms. The molecule has 0 aliphatic heterocycles.